The van der Waals surface area contributed by atoms with Gasteiger partial charge in [-0.2, -0.15) is 13.2 Å². The molecule has 0 aliphatic heterocycles. The van der Waals surface area contributed by atoms with Crippen LogP contribution in [0.15, 0.2) is 65.7 Å². The molecule has 0 saturated carbocycles. The van der Waals surface area contributed by atoms with Crippen LogP contribution in [0.2, 0.25) is 0 Å². The number of amides is 1. The molecule has 0 radical (unpaired) electrons. The summed E-state index contributed by atoms with van der Waals surface area (Å²) in [4.78, 5) is 32.0. The maximum atomic E-state index is 13.0. The van der Waals surface area contributed by atoms with Gasteiger partial charge in [-0.05, 0) is 43.3 Å². The molecule has 0 bridgehead atoms. The van der Waals surface area contributed by atoms with Gasteiger partial charge in [-0.1, -0.05) is 5.16 Å². The van der Waals surface area contributed by atoms with Crippen LogP contribution in [0.3, 0.4) is 0 Å². The first-order valence-corrected chi connectivity index (χ1v) is 10.4. The van der Waals surface area contributed by atoms with E-state index < -0.39 is 23.7 Å². The molecule has 1 unspecified atom stereocenters. The zero-order valence-corrected chi connectivity index (χ0v) is 18.0. The Hall–Kier alpha value is -4.61. The zero-order valence-electron chi connectivity index (χ0n) is 18.0. The fourth-order valence-corrected chi connectivity index (χ4v) is 3.41. The topological polar surface area (TPSA) is 122 Å². The summed E-state index contributed by atoms with van der Waals surface area (Å²) in [5.41, 5.74) is 1.70. The molecule has 0 saturated heterocycles. The number of fused-ring (bicyclic) bond motifs is 1. The largest absolute Gasteiger partial charge is 0.416 e. The second kappa shape index (κ2) is 8.63. The summed E-state index contributed by atoms with van der Waals surface area (Å²) in [6.07, 6.45) is 0.0852. The van der Waals surface area contributed by atoms with Crippen LogP contribution in [0, 0.1) is 0 Å². The molecule has 12 heteroatoms. The van der Waals surface area contributed by atoms with Crippen LogP contribution >= 0.6 is 0 Å². The number of imidazole rings is 1. The molecular weight excluding hydrogens is 463 g/mol. The van der Waals surface area contributed by atoms with Gasteiger partial charge < -0.3 is 14.8 Å². The number of rotatable bonds is 5. The molecule has 2 N–H and O–H groups in total. The van der Waals surface area contributed by atoms with E-state index in [0.29, 0.717) is 16.9 Å². The van der Waals surface area contributed by atoms with Crippen molar-refractivity contribution in [2.45, 2.75) is 19.1 Å². The Morgan fingerprint density at radius 2 is 1.89 bits per heavy atom. The van der Waals surface area contributed by atoms with Crippen LogP contribution in [0.5, 0.6) is 0 Å². The lowest BCUT2D eigenvalue weighted by Gasteiger charge is -2.10. The number of pyridine rings is 1. The van der Waals surface area contributed by atoms with Crippen molar-refractivity contribution < 1.29 is 22.5 Å². The standard InChI is InChI=1S/C23H16F3N7O2/c1-12(30-22(34)19-9-17(28-11-29-19)13-4-6-27-7-5-13)16-10-20(35-33-16)21-31-15-3-2-14(23(24,25)26)8-18(15)32-21/h2-12H,1H3,(H,30,34)(H,31,32). The van der Waals surface area contributed by atoms with Gasteiger partial charge in [0.05, 0.1) is 28.3 Å². The van der Waals surface area contributed by atoms with E-state index in [1.54, 1.807) is 43.6 Å². The molecular formula is C23H16F3N7O2. The Kier molecular flexibility index (Phi) is 5.47. The first-order valence-electron chi connectivity index (χ1n) is 10.4. The van der Waals surface area contributed by atoms with Crippen LogP contribution in [-0.2, 0) is 6.18 Å². The van der Waals surface area contributed by atoms with Crippen molar-refractivity contribution in [1.29, 1.82) is 0 Å². The van der Waals surface area contributed by atoms with Crippen molar-refractivity contribution in [2.75, 3.05) is 0 Å². The van der Waals surface area contributed by atoms with E-state index in [-0.39, 0.29) is 22.8 Å². The molecule has 0 spiro atoms. The highest BCUT2D eigenvalue weighted by molar-refractivity contribution is 5.93. The Morgan fingerprint density at radius 3 is 2.66 bits per heavy atom. The predicted molar refractivity (Wildman–Crippen MR) is 118 cm³/mol. The second-order valence-electron chi connectivity index (χ2n) is 7.65. The van der Waals surface area contributed by atoms with Crippen molar-refractivity contribution in [1.82, 2.24) is 35.4 Å². The van der Waals surface area contributed by atoms with Crippen LogP contribution in [-0.4, -0.2) is 36.0 Å². The number of nitrogens with one attached hydrogen (secondary N) is 2. The van der Waals surface area contributed by atoms with E-state index in [2.05, 4.69) is 35.4 Å². The Morgan fingerprint density at radius 1 is 1.09 bits per heavy atom. The summed E-state index contributed by atoms with van der Waals surface area (Å²) in [7, 11) is 0. The third-order valence-electron chi connectivity index (χ3n) is 5.24. The molecule has 0 fully saturated rings. The van der Waals surface area contributed by atoms with Crippen molar-refractivity contribution in [2.24, 2.45) is 0 Å². The maximum absolute atomic E-state index is 13.0. The minimum absolute atomic E-state index is 0.167. The van der Waals surface area contributed by atoms with E-state index in [4.69, 9.17) is 4.52 Å². The lowest BCUT2D eigenvalue weighted by Crippen LogP contribution is -2.27. The number of H-pyrrole nitrogens is 1. The highest BCUT2D eigenvalue weighted by atomic mass is 19.4. The number of aromatic nitrogens is 6. The Labute approximate surface area is 195 Å². The number of carbonyl (C=O) groups excluding carboxylic acids is 1. The van der Waals surface area contributed by atoms with Gasteiger partial charge in [0.15, 0.2) is 5.82 Å². The van der Waals surface area contributed by atoms with Gasteiger partial charge in [0.1, 0.15) is 17.7 Å². The quantitative estimate of drug-likeness (QED) is 0.378. The number of nitrogens with zero attached hydrogens (tertiary/aromatic N) is 5. The lowest BCUT2D eigenvalue weighted by atomic mass is 10.1. The van der Waals surface area contributed by atoms with Gasteiger partial charge in [-0.15, -0.1) is 0 Å². The third kappa shape index (κ3) is 4.58. The van der Waals surface area contributed by atoms with Crippen molar-refractivity contribution >= 4 is 16.9 Å². The predicted octanol–water partition coefficient (Wildman–Crippen LogP) is 4.58. The third-order valence-corrected chi connectivity index (χ3v) is 5.24. The number of hydrogen-bond donors (Lipinski definition) is 2. The summed E-state index contributed by atoms with van der Waals surface area (Å²) in [6.45, 7) is 1.71. The summed E-state index contributed by atoms with van der Waals surface area (Å²) in [6, 6.07) is 9.32. The average molecular weight is 479 g/mol. The van der Waals surface area contributed by atoms with Crippen molar-refractivity contribution in [3.8, 4) is 22.8 Å². The summed E-state index contributed by atoms with van der Waals surface area (Å²) >= 11 is 0. The van der Waals surface area contributed by atoms with E-state index in [1.165, 1.54) is 12.4 Å². The Bertz CT molecular complexity index is 1510. The summed E-state index contributed by atoms with van der Waals surface area (Å²) in [5, 5.41) is 6.75. The Balaban J connectivity index is 1.32. The van der Waals surface area contributed by atoms with Gasteiger partial charge in [0, 0.05) is 24.0 Å². The second-order valence-corrected chi connectivity index (χ2v) is 7.65. The summed E-state index contributed by atoms with van der Waals surface area (Å²) in [5.74, 6) is -0.00886. The zero-order chi connectivity index (χ0) is 24.6. The number of benzene rings is 1. The molecule has 176 valence electrons. The number of alkyl halides is 3. The van der Waals surface area contributed by atoms with Gasteiger partial charge >= 0.3 is 6.18 Å². The molecule has 1 aromatic carbocycles. The fraction of sp³-hybridized carbons (Fsp3) is 0.130. The first kappa shape index (κ1) is 22.2. The van der Waals surface area contributed by atoms with Crippen LogP contribution in [0.1, 0.15) is 34.7 Å². The number of carbonyl (C=O) groups is 1. The van der Waals surface area contributed by atoms with E-state index >= 15 is 0 Å². The van der Waals surface area contributed by atoms with Gasteiger partial charge in [-0.25, -0.2) is 15.0 Å². The monoisotopic (exact) mass is 479 g/mol. The smallest absolute Gasteiger partial charge is 0.353 e. The molecule has 35 heavy (non-hydrogen) atoms. The SMILES string of the molecule is CC(NC(=O)c1cc(-c2ccncc2)ncn1)c1cc(-c2nc3ccc(C(F)(F)F)cc3[nH]2)on1. The average Bonchev–Trinajstić information content (AvgIpc) is 3.51. The maximum Gasteiger partial charge on any atom is 0.416 e. The first-order chi connectivity index (χ1) is 16.8. The number of hydrogen-bond acceptors (Lipinski definition) is 7. The highest BCUT2D eigenvalue weighted by Crippen LogP contribution is 2.32. The number of aromatic amines is 1. The number of halogens is 3. The van der Waals surface area contributed by atoms with Crippen molar-refractivity contribution in [3.05, 3.63) is 78.1 Å². The highest BCUT2D eigenvalue weighted by Gasteiger charge is 2.31. The molecule has 0 aliphatic carbocycles. The normalized spacial score (nSPS) is 12.6. The molecule has 0 aliphatic rings. The molecule has 9 nitrogen and oxygen atoms in total. The van der Waals surface area contributed by atoms with E-state index in [0.717, 1.165) is 17.7 Å². The molecule has 1 atom stereocenters. The fourth-order valence-electron chi connectivity index (χ4n) is 3.41. The van der Waals surface area contributed by atoms with E-state index in [1.807, 2.05) is 0 Å². The van der Waals surface area contributed by atoms with Crippen LogP contribution < -0.4 is 5.32 Å². The molecule has 1 amide bonds. The minimum Gasteiger partial charge on any atom is -0.353 e. The molecule has 5 aromatic rings. The lowest BCUT2D eigenvalue weighted by molar-refractivity contribution is -0.137. The van der Waals surface area contributed by atoms with Gasteiger partial charge in [0.2, 0.25) is 5.76 Å². The minimum atomic E-state index is -4.46. The molecule has 4 heterocycles. The van der Waals surface area contributed by atoms with Crippen LogP contribution in [0.4, 0.5) is 13.2 Å². The van der Waals surface area contributed by atoms with Gasteiger partial charge in [0.25, 0.3) is 5.91 Å². The van der Waals surface area contributed by atoms with E-state index in [9.17, 15) is 18.0 Å². The van der Waals surface area contributed by atoms with Gasteiger partial charge in [-0.3, -0.25) is 9.78 Å². The summed E-state index contributed by atoms with van der Waals surface area (Å²) < 4.78 is 44.2. The van der Waals surface area contributed by atoms with Crippen LogP contribution in [0.25, 0.3) is 33.9 Å². The molecule has 4 aromatic heterocycles. The van der Waals surface area contributed by atoms with Crippen molar-refractivity contribution in [3.63, 3.8) is 0 Å². The molecule has 5 rings (SSSR count).